The van der Waals surface area contributed by atoms with Gasteiger partial charge in [-0.2, -0.15) is 0 Å². The normalized spacial score (nSPS) is 15.9. The van der Waals surface area contributed by atoms with E-state index < -0.39 is 11.5 Å². The molecule has 0 saturated heterocycles. The van der Waals surface area contributed by atoms with Gasteiger partial charge in [-0.05, 0) is 48.7 Å². The molecule has 1 amide bonds. The van der Waals surface area contributed by atoms with Gasteiger partial charge in [0.15, 0.2) is 5.78 Å². The number of hydrogen-bond acceptors (Lipinski definition) is 5. The Morgan fingerprint density at radius 3 is 2.56 bits per heavy atom. The molecule has 0 radical (unpaired) electrons. The van der Waals surface area contributed by atoms with Crippen molar-refractivity contribution in [1.29, 1.82) is 0 Å². The first kappa shape index (κ1) is 23.7. The predicted octanol–water partition coefficient (Wildman–Crippen LogP) is 3.35. The fourth-order valence-electron chi connectivity index (χ4n) is 4.45. The van der Waals surface area contributed by atoms with Crippen molar-refractivity contribution in [2.45, 2.75) is 46.6 Å². The molecule has 1 aliphatic rings. The van der Waals surface area contributed by atoms with Crippen LogP contribution in [0.3, 0.4) is 0 Å². The van der Waals surface area contributed by atoms with Crippen LogP contribution in [0.5, 0.6) is 5.75 Å². The predicted molar refractivity (Wildman–Crippen MR) is 124 cm³/mol. The minimum atomic E-state index is -0.480. The molecule has 1 aromatic heterocycles. The largest absolute Gasteiger partial charge is 0.497 e. The first-order valence-corrected chi connectivity index (χ1v) is 11.1. The summed E-state index contributed by atoms with van der Waals surface area (Å²) in [6.07, 6.45) is 0.998. The number of hydrogen-bond donors (Lipinski definition) is 2. The number of rotatable bonds is 8. The Bertz CT molecular complexity index is 1050. The number of fused-ring (bicyclic) bond motifs is 1. The van der Waals surface area contributed by atoms with Gasteiger partial charge in [-0.15, -0.1) is 0 Å². The maximum Gasteiger partial charge on any atom is 0.261 e. The number of methoxy groups -OCH3 is 1. The van der Waals surface area contributed by atoms with Crippen LogP contribution < -0.4 is 15.6 Å². The van der Waals surface area contributed by atoms with Crippen LogP contribution in [0, 0.1) is 5.41 Å². The first-order chi connectivity index (χ1) is 15.2. The molecule has 2 N–H and O–H groups in total. The number of amides is 1. The molecule has 0 bridgehead atoms. The minimum absolute atomic E-state index is 0.0271. The van der Waals surface area contributed by atoms with Crippen molar-refractivity contribution in [3.05, 3.63) is 63.1 Å². The van der Waals surface area contributed by atoms with Crippen LogP contribution in [0.15, 0.2) is 35.1 Å². The number of carbonyl (C=O) groups excluding carboxylic acids is 2. The van der Waals surface area contributed by atoms with E-state index in [1.165, 1.54) is 6.07 Å². The molecule has 0 saturated carbocycles. The van der Waals surface area contributed by atoms with E-state index in [0.29, 0.717) is 30.6 Å². The topological polar surface area (TPSA) is 91.5 Å². The molecule has 7 nitrogen and oxygen atoms in total. The Balaban J connectivity index is 1.84. The quantitative estimate of drug-likeness (QED) is 0.658. The van der Waals surface area contributed by atoms with Crippen molar-refractivity contribution in [2.24, 2.45) is 5.41 Å². The van der Waals surface area contributed by atoms with E-state index in [9.17, 15) is 14.4 Å². The molecular formula is C25H33N3O4. The number of nitrogens with one attached hydrogen (secondary N) is 2. The van der Waals surface area contributed by atoms with Gasteiger partial charge < -0.3 is 15.0 Å². The Morgan fingerprint density at radius 1 is 1.19 bits per heavy atom. The summed E-state index contributed by atoms with van der Waals surface area (Å²) in [5.74, 6) is 0.226. The van der Waals surface area contributed by atoms with Crippen molar-refractivity contribution in [1.82, 2.24) is 15.2 Å². The lowest BCUT2D eigenvalue weighted by atomic mass is 9.75. The highest BCUT2D eigenvalue weighted by atomic mass is 16.5. The summed E-state index contributed by atoms with van der Waals surface area (Å²) in [6.45, 7) is 10.1. The zero-order chi connectivity index (χ0) is 23.5. The van der Waals surface area contributed by atoms with Crippen molar-refractivity contribution in [3.8, 4) is 5.75 Å². The van der Waals surface area contributed by atoms with E-state index in [4.69, 9.17) is 4.74 Å². The molecule has 0 aliphatic heterocycles. The molecule has 1 aliphatic carbocycles. The summed E-state index contributed by atoms with van der Waals surface area (Å²) >= 11 is 0. The van der Waals surface area contributed by atoms with Crippen LogP contribution in [-0.4, -0.2) is 48.3 Å². The monoisotopic (exact) mass is 439 g/mol. The number of ketones is 1. The average Bonchev–Trinajstić information content (AvgIpc) is 2.75. The van der Waals surface area contributed by atoms with Crippen molar-refractivity contribution in [3.63, 3.8) is 0 Å². The second kappa shape index (κ2) is 9.69. The summed E-state index contributed by atoms with van der Waals surface area (Å²) < 4.78 is 5.36. The number of benzene rings is 1. The van der Waals surface area contributed by atoms with Crippen LogP contribution in [0.25, 0.3) is 0 Å². The number of ether oxygens (including phenoxy) is 1. The highest BCUT2D eigenvalue weighted by Crippen LogP contribution is 2.33. The van der Waals surface area contributed by atoms with Crippen molar-refractivity contribution in [2.75, 3.05) is 26.7 Å². The van der Waals surface area contributed by atoms with E-state index in [1.807, 2.05) is 38.1 Å². The van der Waals surface area contributed by atoms with Crippen LogP contribution in [-0.2, 0) is 6.42 Å². The third-order valence-electron chi connectivity index (χ3n) is 6.15. The zero-order valence-electron chi connectivity index (χ0n) is 19.6. The minimum Gasteiger partial charge on any atom is -0.497 e. The van der Waals surface area contributed by atoms with Crippen LogP contribution in [0.4, 0.5) is 0 Å². The van der Waals surface area contributed by atoms with E-state index in [1.54, 1.807) is 7.11 Å². The van der Waals surface area contributed by atoms with Gasteiger partial charge in [0.25, 0.3) is 11.5 Å². The van der Waals surface area contributed by atoms with Gasteiger partial charge in [-0.25, -0.2) is 0 Å². The van der Waals surface area contributed by atoms with Crippen molar-refractivity contribution < 1.29 is 14.3 Å². The first-order valence-electron chi connectivity index (χ1n) is 11.1. The standard InChI is InChI=1S/C25H33N3O4/c1-6-28(7-2)21(16-9-8-10-17(11-16)32-5)15-26-23(30)19-12-18-20(27-24(19)31)13-25(3,4)14-22(18)29/h8-12,21H,6-7,13-15H2,1-5H3,(H,26,30)(H,27,31). The van der Waals surface area contributed by atoms with E-state index in [-0.39, 0.29) is 22.8 Å². The molecule has 0 fully saturated rings. The zero-order valence-corrected chi connectivity index (χ0v) is 19.6. The molecule has 172 valence electrons. The molecule has 2 aromatic rings. The number of carbonyl (C=O) groups is 2. The molecule has 0 spiro atoms. The van der Waals surface area contributed by atoms with E-state index in [0.717, 1.165) is 24.4 Å². The lowest BCUT2D eigenvalue weighted by Gasteiger charge is -2.31. The van der Waals surface area contributed by atoms with Crippen molar-refractivity contribution >= 4 is 11.7 Å². The summed E-state index contributed by atoms with van der Waals surface area (Å²) in [7, 11) is 1.62. The SMILES string of the molecule is CCN(CC)C(CNC(=O)c1cc2c([nH]c1=O)CC(C)(C)CC2=O)c1cccc(OC)c1. The lowest BCUT2D eigenvalue weighted by molar-refractivity contribution is 0.0910. The number of pyridine rings is 1. The number of aromatic nitrogens is 1. The molecule has 1 heterocycles. The van der Waals surface area contributed by atoms with Gasteiger partial charge in [0.1, 0.15) is 11.3 Å². The molecular weight excluding hydrogens is 406 g/mol. The number of likely N-dealkylation sites (N-methyl/N-ethyl adjacent to an activating group) is 1. The van der Waals surface area contributed by atoms with Gasteiger partial charge in [-0.1, -0.05) is 39.8 Å². The fourth-order valence-corrected chi connectivity index (χ4v) is 4.45. The van der Waals surface area contributed by atoms with Gasteiger partial charge in [-0.3, -0.25) is 19.3 Å². The summed E-state index contributed by atoms with van der Waals surface area (Å²) in [4.78, 5) is 43.2. The molecule has 1 unspecified atom stereocenters. The van der Waals surface area contributed by atoms with Gasteiger partial charge in [0.05, 0.1) is 13.2 Å². The molecule has 1 atom stereocenters. The molecule has 7 heteroatoms. The van der Waals surface area contributed by atoms with Gasteiger partial charge in [0.2, 0.25) is 0 Å². The third kappa shape index (κ3) is 5.10. The maximum absolute atomic E-state index is 13.0. The highest BCUT2D eigenvalue weighted by molar-refractivity contribution is 6.02. The second-order valence-corrected chi connectivity index (χ2v) is 9.07. The highest BCUT2D eigenvalue weighted by Gasteiger charge is 2.32. The van der Waals surface area contributed by atoms with E-state index >= 15 is 0 Å². The van der Waals surface area contributed by atoms with Crippen LogP contribution in [0.1, 0.15) is 72.1 Å². The maximum atomic E-state index is 13.0. The Morgan fingerprint density at radius 2 is 1.91 bits per heavy atom. The average molecular weight is 440 g/mol. The van der Waals surface area contributed by atoms with Gasteiger partial charge >= 0.3 is 0 Å². The summed E-state index contributed by atoms with van der Waals surface area (Å²) in [5.41, 5.74) is 1.38. The lowest BCUT2D eigenvalue weighted by Crippen LogP contribution is -2.40. The Kier molecular flexibility index (Phi) is 7.19. The summed E-state index contributed by atoms with van der Waals surface area (Å²) in [6, 6.07) is 9.15. The molecule has 1 aromatic carbocycles. The van der Waals surface area contributed by atoms with Crippen LogP contribution in [0.2, 0.25) is 0 Å². The summed E-state index contributed by atoms with van der Waals surface area (Å²) in [5, 5.41) is 2.91. The fraction of sp³-hybridized carbons (Fsp3) is 0.480. The Labute approximate surface area is 189 Å². The van der Waals surface area contributed by atoms with Crippen LogP contribution >= 0.6 is 0 Å². The number of H-pyrrole nitrogens is 1. The molecule has 3 rings (SSSR count). The number of aromatic amines is 1. The molecule has 32 heavy (non-hydrogen) atoms. The number of nitrogens with zero attached hydrogens (tertiary/aromatic N) is 1. The van der Waals surface area contributed by atoms with Gasteiger partial charge in [0, 0.05) is 24.2 Å². The smallest absolute Gasteiger partial charge is 0.261 e. The Hall–Kier alpha value is -2.93. The second-order valence-electron chi connectivity index (χ2n) is 9.07. The van der Waals surface area contributed by atoms with E-state index in [2.05, 4.69) is 29.0 Å². The number of Topliss-reactive ketones (excluding diaryl/α,β-unsaturated/α-hetero) is 1. The third-order valence-corrected chi connectivity index (χ3v) is 6.15.